The van der Waals surface area contributed by atoms with Crippen LogP contribution in [0.4, 0.5) is 13.2 Å². The minimum atomic E-state index is -4.45. The van der Waals surface area contributed by atoms with Crippen molar-refractivity contribution in [1.29, 1.82) is 0 Å². The first-order valence-electron chi connectivity index (χ1n) is 7.36. The number of alkyl halides is 1. The summed E-state index contributed by atoms with van der Waals surface area (Å²) >= 11 is 0. The third-order valence-electron chi connectivity index (χ3n) is 3.81. The van der Waals surface area contributed by atoms with Crippen molar-refractivity contribution >= 4 is 10.0 Å². The molecule has 1 aromatic heterocycles. The maximum absolute atomic E-state index is 14.5. The fourth-order valence-corrected chi connectivity index (χ4v) is 3.14. The van der Waals surface area contributed by atoms with Crippen molar-refractivity contribution in [3.05, 3.63) is 59.4 Å². The van der Waals surface area contributed by atoms with Gasteiger partial charge in [-0.25, -0.2) is 26.7 Å². The van der Waals surface area contributed by atoms with Gasteiger partial charge in [0, 0.05) is 11.1 Å². The van der Waals surface area contributed by atoms with Crippen molar-refractivity contribution in [1.82, 2.24) is 5.16 Å². The molecule has 0 spiro atoms. The molecular formula is C17H13F3N2O3S. The lowest BCUT2D eigenvalue weighted by Gasteiger charge is -2.08. The summed E-state index contributed by atoms with van der Waals surface area (Å²) in [5, 5.41) is 8.62. The molecule has 2 N–H and O–H groups in total. The van der Waals surface area contributed by atoms with Crippen molar-refractivity contribution < 1.29 is 26.1 Å². The van der Waals surface area contributed by atoms with E-state index in [1.165, 1.54) is 0 Å². The number of hydrogen-bond donors (Lipinski definition) is 1. The minimum absolute atomic E-state index is 0.0891. The molecule has 0 atom stereocenters. The van der Waals surface area contributed by atoms with Gasteiger partial charge >= 0.3 is 0 Å². The topological polar surface area (TPSA) is 86.2 Å². The highest BCUT2D eigenvalue weighted by Crippen LogP contribution is 2.37. The second-order valence-electron chi connectivity index (χ2n) is 5.64. The molecule has 0 aliphatic rings. The van der Waals surface area contributed by atoms with Gasteiger partial charge in [-0.3, -0.25) is 0 Å². The number of aryl methyl sites for hydroxylation is 1. The highest BCUT2D eigenvalue weighted by molar-refractivity contribution is 7.89. The van der Waals surface area contributed by atoms with E-state index in [0.717, 1.165) is 5.56 Å². The predicted octanol–water partition coefficient (Wildman–Crippen LogP) is 3.71. The predicted molar refractivity (Wildman–Crippen MR) is 88.2 cm³/mol. The average Bonchev–Trinajstić information content (AvgIpc) is 3.00. The number of aromatic nitrogens is 1. The zero-order valence-electron chi connectivity index (χ0n) is 13.5. The number of nitrogens with two attached hydrogens (primary N) is 1. The molecule has 0 bridgehead atoms. The van der Waals surface area contributed by atoms with E-state index in [0.29, 0.717) is 17.7 Å². The Kier molecular flexibility index (Phi) is 4.59. The fraction of sp³-hybridized carbons (Fsp3) is 0.118. The molecule has 0 fully saturated rings. The summed E-state index contributed by atoms with van der Waals surface area (Å²) in [6.07, 6.45) is 0. The Balaban J connectivity index is 2.26. The largest absolute Gasteiger partial charge is 0.357 e. The third-order valence-corrected chi connectivity index (χ3v) is 4.73. The smallest absolute Gasteiger partial charge is 0.241 e. The van der Waals surface area contributed by atoms with Gasteiger partial charge < -0.3 is 4.52 Å². The standard InChI is InChI=1S/C17H13F3N2O3S/c1-9-2-4-10(5-3-9)17-16(14(8-18)25-22-17)11-6-13(20)15(7-12(11)19)26(21,23)24/h2-7H,8H2,1H3,(H2,21,23,24). The number of rotatable bonds is 4. The molecule has 136 valence electrons. The van der Waals surface area contributed by atoms with Crippen LogP contribution in [0.15, 0.2) is 45.8 Å². The number of hydrogen-bond acceptors (Lipinski definition) is 4. The normalized spacial score (nSPS) is 11.7. The van der Waals surface area contributed by atoms with E-state index in [2.05, 4.69) is 5.16 Å². The van der Waals surface area contributed by atoms with Crippen LogP contribution >= 0.6 is 0 Å². The molecule has 0 unspecified atom stereocenters. The summed E-state index contributed by atoms with van der Waals surface area (Å²) in [4.78, 5) is -0.992. The monoisotopic (exact) mass is 382 g/mol. The number of sulfonamides is 1. The highest BCUT2D eigenvalue weighted by Gasteiger charge is 2.25. The van der Waals surface area contributed by atoms with Crippen LogP contribution in [-0.2, 0) is 16.7 Å². The van der Waals surface area contributed by atoms with Crippen molar-refractivity contribution in [2.45, 2.75) is 18.5 Å². The summed E-state index contributed by atoms with van der Waals surface area (Å²) in [5.41, 5.74) is 1.11. The molecule has 0 aliphatic carbocycles. The SMILES string of the molecule is Cc1ccc(-c2noc(CF)c2-c2cc(F)c(S(N)(=O)=O)cc2F)cc1. The van der Waals surface area contributed by atoms with Crippen LogP contribution in [0.5, 0.6) is 0 Å². The molecule has 5 nitrogen and oxygen atoms in total. The molecule has 1 heterocycles. The van der Waals surface area contributed by atoms with Gasteiger partial charge in [0.1, 0.15) is 22.2 Å². The first-order valence-corrected chi connectivity index (χ1v) is 8.90. The lowest BCUT2D eigenvalue weighted by Crippen LogP contribution is -2.14. The molecule has 26 heavy (non-hydrogen) atoms. The van der Waals surface area contributed by atoms with Gasteiger partial charge in [-0.2, -0.15) is 0 Å². The first-order chi connectivity index (χ1) is 12.2. The molecule has 0 aliphatic heterocycles. The van der Waals surface area contributed by atoms with E-state index in [4.69, 9.17) is 9.66 Å². The lowest BCUT2D eigenvalue weighted by molar-refractivity contribution is 0.332. The molecule has 3 aromatic rings. The molecule has 0 saturated heterocycles. The Morgan fingerprint density at radius 3 is 2.35 bits per heavy atom. The highest BCUT2D eigenvalue weighted by atomic mass is 32.2. The average molecular weight is 382 g/mol. The van der Waals surface area contributed by atoms with Gasteiger partial charge in [0.2, 0.25) is 10.0 Å². The van der Waals surface area contributed by atoms with E-state index in [-0.39, 0.29) is 22.6 Å². The van der Waals surface area contributed by atoms with Gasteiger partial charge in [0.25, 0.3) is 0 Å². The van der Waals surface area contributed by atoms with E-state index in [1.54, 1.807) is 24.3 Å². The van der Waals surface area contributed by atoms with Crippen LogP contribution in [-0.4, -0.2) is 13.6 Å². The van der Waals surface area contributed by atoms with Crippen LogP contribution < -0.4 is 5.14 Å². The summed E-state index contributed by atoms with van der Waals surface area (Å²) < 4.78 is 69.6. The summed E-state index contributed by atoms with van der Waals surface area (Å²) in [6.45, 7) is 0.758. The number of nitrogens with zero attached hydrogens (tertiary/aromatic N) is 1. The quantitative estimate of drug-likeness (QED) is 0.745. The Morgan fingerprint density at radius 1 is 1.12 bits per heavy atom. The number of benzene rings is 2. The molecule has 0 saturated carbocycles. The second kappa shape index (κ2) is 6.58. The van der Waals surface area contributed by atoms with Gasteiger partial charge in [-0.1, -0.05) is 35.0 Å². The maximum atomic E-state index is 14.5. The van der Waals surface area contributed by atoms with E-state index >= 15 is 0 Å². The van der Waals surface area contributed by atoms with Crippen molar-refractivity contribution in [2.24, 2.45) is 5.14 Å². The zero-order chi connectivity index (χ0) is 19.1. The van der Waals surface area contributed by atoms with E-state index < -0.39 is 33.2 Å². The number of halogens is 3. The molecular weight excluding hydrogens is 369 g/mol. The minimum Gasteiger partial charge on any atom is -0.357 e. The Bertz CT molecular complexity index is 1080. The lowest BCUT2D eigenvalue weighted by atomic mass is 9.98. The van der Waals surface area contributed by atoms with Gasteiger partial charge in [0.05, 0.1) is 5.56 Å². The second-order valence-corrected chi connectivity index (χ2v) is 7.17. The van der Waals surface area contributed by atoms with Crippen molar-refractivity contribution in [3.63, 3.8) is 0 Å². The van der Waals surface area contributed by atoms with Crippen LogP contribution in [0.25, 0.3) is 22.4 Å². The van der Waals surface area contributed by atoms with E-state index in [9.17, 15) is 21.6 Å². The third kappa shape index (κ3) is 3.23. The van der Waals surface area contributed by atoms with Crippen LogP contribution in [0.3, 0.4) is 0 Å². The van der Waals surface area contributed by atoms with E-state index in [1.807, 2.05) is 6.92 Å². The van der Waals surface area contributed by atoms with Crippen LogP contribution in [0.2, 0.25) is 0 Å². The molecule has 0 amide bonds. The maximum Gasteiger partial charge on any atom is 0.241 e. The summed E-state index contributed by atoms with van der Waals surface area (Å²) in [6, 6.07) is 7.97. The Morgan fingerprint density at radius 2 is 1.77 bits per heavy atom. The Labute approximate surface area is 147 Å². The molecule has 0 radical (unpaired) electrons. The van der Waals surface area contributed by atoms with Crippen LogP contribution in [0.1, 0.15) is 11.3 Å². The first kappa shape index (κ1) is 18.2. The van der Waals surface area contributed by atoms with Gasteiger partial charge in [-0.05, 0) is 19.1 Å². The Hall–Kier alpha value is -2.65. The fourth-order valence-electron chi connectivity index (χ4n) is 2.54. The number of primary sulfonamides is 1. The molecule has 3 rings (SSSR count). The summed E-state index contributed by atoms with van der Waals surface area (Å²) in [7, 11) is -4.45. The zero-order valence-corrected chi connectivity index (χ0v) is 14.3. The van der Waals surface area contributed by atoms with Crippen LogP contribution in [0, 0.1) is 18.6 Å². The van der Waals surface area contributed by atoms with Crippen molar-refractivity contribution in [3.8, 4) is 22.4 Å². The molecule has 2 aromatic carbocycles. The van der Waals surface area contributed by atoms with Crippen molar-refractivity contribution in [2.75, 3.05) is 0 Å². The summed E-state index contributed by atoms with van der Waals surface area (Å²) in [5.74, 6) is -2.66. The molecule has 9 heteroatoms. The van der Waals surface area contributed by atoms with Gasteiger partial charge in [0.15, 0.2) is 12.4 Å². The van der Waals surface area contributed by atoms with Gasteiger partial charge in [-0.15, -0.1) is 0 Å².